The number of ether oxygens (including phenoxy) is 1. The summed E-state index contributed by atoms with van der Waals surface area (Å²) in [6.45, 7) is 2.83. The van der Waals surface area contributed by atoms with Gasteiger partial charge in [-0.2, -0.15) is 0 Å². The standard InChI is InChI=1S/C15H19NO2/c1-2-3-6-9-18-15-10-12(11-17)16-14-8-5-4-7-13(14)15/h4-5,7-8,10,17H,2-3,6,9,11H2,1H3. The van der Waals surface area contributed by atoms with Gasteiger partial charge in [-0.1, -0.05) is 31.9 Å². The molecule has 2 aromatic rings. The van der Waals surface area contributed by atoms with Crippen molar-refractivity contribution in [1.82, 2.24) is 4.98 Å². The number of aromatic nitrogens is 1. The Labute approximate surface area is 107 Å². The van der Waals surface area contributed by atoms with Gasteiger partial charge in [-0.25, -0.2) is 0 Å². The van der Waals surface area contributed by atoms with Gasteiger partial charge >= 0.3 is 0 Å². The molecule has 0 aliphatic carbocycles. The van der Waals surface area contributed by atoms with Gasteiger partial charge in [-0.15, -0.1) is 0 Å². The topological polar surface area (TPSA) is 42.4 Å². The molecule has 0 amide bonds. The lowest BCUT2D eigenvalue weighted by atomic mass is 10.2. The third-order valence-corrected chi connectivity index (χ3v) is 2.90. The normalized spacial score (nSPS) is 10.8. The molecular formula is C15H19NO2. The predicted molar refractivity (Wildman–Crippen MR) is 72.7 cm³/mol. The van der Waals surface area contributed by atoms with Gasteiger partial charge in [0.1, 0.15) is 5.75 Å². The third-order valence-electron chi connectivity index (χ3n) is 2.90. The molecule has 0 saturated heterocycles. The maximum Gasteiger partial charge on any atom is 0.130 e. The monoisotopic (exact) mass is 245 g/mol. The highest BCUT2D eigenvalue weighted by Crippen LogP contribution is 2.25. The van der Waals surface area contributed by atoms with E-state index in [2.05, 4.69) is 11.9 Å². The fourth-order valence-electron chi connectivity index (χ4n) is 1.93. The van der Waals surface area contributed by atoms with Crippen molar-refractivity contribution in [2.45, 2.75) is 32.8 Å². The first-order valence-corrected chi connectivity index (χ1v) is 6.47. The fraction of sp³-hybridized carbons (Fsp3) is 0.400. The average molecular weight is 245 g/mol. The lowest BCUT2D eigenvalue weighted by Gasteiger charge is -2.10. The van der Waals surface area contributed by atoms with Gasteiger partial charge in [0.25, 0.3) is 0 Å². The zero-order valence-corrected chi connectivity index (χ0v) is 10.7. The van der Waals surface area contributed by atoms with E-state index < -0.39 is 0 Å². The number of pyridine rings is 1. The molecule has 0 aliphatic rings. The number of aliphatic hydroxyl groups excluding tert-OH is 1. The molecule has 0 atom stereocenters. The molecule has 1 aromatic heterocycles. The average Bonchev–Trinajstić information content (AvgIpc) is 2.43. The van der Waals surface area contributed by atoms with Crippen LogP contribution in [0.4, 0.5) is 0 Å². The Kier molecular flexibility index (Phi) is 4.53. The second-order valence-corrected chi connectivity index (χ2v) is 4.34. The number of aliphatic hydroxyl groups is 1. The van der Waals surface area contributed by atoms with Crippen LogP contribution in [-0.2, 0) is 6.61 Å². The Balaban J connectivity index is 2.23. The van der Waals surface area contributed by atoms with E-state index in [9.17, 15) is 5.11 Å². The van der Waals surface area contributed by atoms with Crippen LogP contribution in [0.1, 0.15) is 31.9 Å². The Morgan fingerprint density at radius 1 is 1.22 bits per heavy atom. The highest BCUT2D eigenvalue weighted by atomic mass is 16.5. The van der Waals surface area contributed by atoms with Gasteiger partial charge in [0.05, 0.1) is 24.4 Å². The Morgan fingerprint density at radius 3 is 2.83 bits per heavy atom. The summed E-state index contributed by atoms with van der Waals surface area (Å²) >= 11 is 0. The van der Waals surface area contributed by atoms with Crippen molar-refractivity contribution in [2.75, 3.05) is 6.61 Å². The van der Waals surface area contributed by atoms with Gasteiger partial charge in [0, 0.05) is 11.5 Å². The predicted octanol–water partition coefficient (Wildman–Crippen LogP) is 3.30. The van der Waals surface area contributed by atoms with Crippen molar-refractivity contribution in [3.05, 3.63) is 36.0 Å². The van der Waals surface area contributed by atoms with E-state index in [1.807, 2.05) is 30.3 Å². The van der Waals surface area contributed by atoms with Gasteiger partial charge in [-0.3, -0.25) is 4.98 Å². The largest absolute Gasteiger partial charge is 0.493 e. The first-order valence-electron chi connectivity index (χ1n) is 6.47. The molecule has 1 aromatic carbocycles. The number of nitrogens with zero attached hydrogens (tertiary/aromatic N) is 1. The SMILES string of the molecule is CCCCCOc1cc(CO)nc2ccccc12. The van der Waals surface area contributed by atoms with Crippen LogP contribution in [0.15, 0.2) is 30.3 Å². The number of unbranched alkanes of at least 4 members (excludes halogenated alkanes) is 2. The van der Waals surface area contributed by atoms with E-state index >= 15 is 0 Å². The molecule has 3 nitrogen and oxygen atoms in total. The molecule has 0 unspecified atom stereocenters. The molecule has 3 heteroatoms. The van der Waals surface area contributed by atoms with Crippen LogP contribution in [-0.4, -0.2) is 16.7 Å². The van der Waals surface area contributed by atoms with Gasteiger partial charge in [0.2, 0.25) is 0 Å². The van der Waals surface area contributed by atoms with Crippen LogP contribution in [0.3, 0.4) is 0 Å². The quantitative estimate of drug-likeness (QED) is 0.794. The Bertz CT molecular complexity index is 511. The number of para-hydroxylation sites is 1. The molecule has 0 bridgehead atoms. The zero-order valence-electron chi connectivity index (χ0n) is 10.7. The first-order chi connectivity index (χ1) is 8.85. The summed E-state index contributed by atoms with van der Waals surface area (Å²) in [7, 11) is 0. The number of fused-ring (bicyclic) bond motifs is 1. The summed E-state index contributed by atoms with van der Waals surface area (Å²) in [5.74, 6) is 0.820. The summed E-state index contributed by atoms with van der Waals surface area (Å²) in [6.07, 6.45) is 3.42. The molecule has 18 heavy (non-hydrogen) atoms. The van der Waals surface area contributed by atoms with E-state index in [4.69, 9.17) is 4.74 Å². The molecule has 0 radical (unpaired) electrons. The van der Waals surface area contributed by atoms with Crippen molar-refractivity contribution in [1.29, 1.82) is 0 Å². The summed E-state index contributed by atoms with van der Waals surface area (Å²) < 4.78 is 5.81. The Hall–Kier alpha value is -1.61. The van der Waals surface area contributed by atoms with Crippen molar-refractivity contribution in [3.8, 4) is 5.75 Å². The summed E-state index contributed by atoms with van der Waals surface area (Å²) in [6, 6.07) is 9.68. The number of rotatable bonds is 6. The van der Waals surface area contributed by atoms with Crippen molar-refractivity contribution >= 4 is 10.9 Å². The molecule has 1 heterocycles. The van der Waals surface area contributed by atoms with Gasteiger partial charge < -0.3 is 9.84 Å². The summed E-state index contributed by atoms with van der Waals surface area (Å²) in [5, 5.41) is 10.2. The molecule has 0 fully saturated rings. The van der Waals surface area contributed by atoms with Crippen LogP contribution in [0.2, 0.25) is 0 Å². The van der Waals surface area contributed by atoms with Crippen LogP contribution in [0.25, 0.3) is 10.9 Å². The highest BCUT2D eigenvalue weighted by molar-refractivity contribution is 5.85. The third kappa shape index (κ3) is 2.99. The van der Waals surface area contributed by atoms with E-state index in [1.165, 1.54) is 12.8 Å². The van der Waals surface area contributed by atoms with Crippen molar-refractivity contribution < 1.29 is 9.84 Å². The summed E-state index contributed by atoms with van der Waals surface area (Å²) in [4.78, 5) is 4.37. The van der Waals surface area contributed by atoms with Crippen LogP contribution in [0.5, 0.6) is 5.75 Å². The van der Waals surface area contributed by atoms with Crippen molar-refractivity contribution in [3.63, 3.8) is 0 Å². The molecule has 96 valence electrons. The van der Waals surface area contributed by atoms with Gasteiger partial charge in [-0.05, 0) is 18.6 Å². The molecule has 0 spiro atoms. The van der Waals surface area contributed by atoms with Crippen molar-refractivity contribution in [2.24, 2.45) is 0 Å². The zero-order chi connectivity index (χ0) is 12.8. The highest BCUT2D eigenvalue weighted by Gasteiger charge is 2.05. The molecule has 1 N–H and O–H groups in total. The van der Waals surface area contributed by atoms with E-state index in [-0.39, 0.29) is 6.61 Å². The second-order valence-electron chi connectivity index (χ2n) is 4.34. The van der Waals surface area contributed by atoms with E-state index in [0.717, 1.165) is 23.1 Å². The maximum absolute atomic E-state index is 9.21. The van der Waals surface area contributed by atoms with Gasteiger partial charge in [0.15, 0.2) is 0 Å². The Morgan fingerprint density at radius 2 is 2.06 bits per heavy atom. The maximum atomic E-state index is 9.21. The molecule has 2 rings (SSSR count). The fourth-order valence-corrected chi connectivity index (χ4v) is 1.93. The molecule has 0 saturated carbocycles. The minimum Gasteiger partial charge on any atom is -0.493 e. The second kappa shape index (κ2) is 6.36. The summed E-state index contributed by atoms with van der Waals surface area (Å²) in [5.41, 5.74) is 1.52. The van der Waals surface area contributed by atoms with E-state index in [0.29, 0.717) is 12.3 Å². The van der Waals surface area contributed by atoms with Crippen LogP contribution in [0, 0.1) is 0 Å². The molecule has 0 aliphatic heterocycles. The van der Waals surface area contributed by atoms with Crippen LogP contribution < -0.4 is 4.74 Å². The number of benzene rings is 1. The lowest BCUT2D eigenvalue weighted by Crippen LogP contribution is -2.00. The van der Waals surface area contributed by atoms with E-state index in [1.54, 1.807) is 0 Å². The molecular weight excluding hydrogens is 226 g/mol. The lowest BCUT2D eigenvalue weighted by molar-refractivity contribution is 0.274. The smallest absolute Gasteiger partial charge is 0.130 e. The number of hydrogen-bond acceptors (Lipinski definition) is 3. The minimum absolute atomic E-state index is 0.0594. The minimum atomic E-state index is -0.0594. The van der Waals surface area contributed by atoms with Crippen LogP contribution >= 0.6 is 0 Å². The first kappa shape index (κ1) is 12.8. The number of hydrogen-bond donors (Lipinski definition) is 1.